The van der Waals surface area contributed by atoms with Crippen molar-refractivity contribution < 1.29 is 19.5 Å². The Labute approximate surface area is 97.3 Å². The lowest BCUT2D eigenvalue weighted by atomic mass is 9.94. The Morgan fingerprint density at radius 3 is 2.12 bits per heavy atom. The lowest BCUT2D eigenvalue weighted by Crippen LogP contribution is -2.30. The highest BCUT2D eigenvalue weighted by atomic mass is 16.4. The zero-order valence-electron chi connectivity index (χ0n) is 9.01. The highest BCUT2D eigenvalue weighted by Crippen LogP contribution is 2.12. The standard InChI is InChI=1S/C12H9NO4/c1-7(14)10(12(16)17)11(15)9-4-2-8(6-13)3-5-9/h2-5,10H,1H3,(H,16,17). The summed E-state index contributed by atoms with van der Waals surface area (Å²) in [5, 5.41) is 17.4. The van der Waals surface area contributed by atoms with Gasteiger partial charge >= 0.3 is 5.97 Å². The van der Waals surface area contributed by atoms with Crippen LogP contribution in [0, 0.1) is 17.2 Å². The fraction of sp³-hybridized carbons (Fsp3) is 0.167. The summed E-state index contributed by atoms with van der Waals surface area (Å²) < 4.78 is 0. The first-order valence-corrected chi connectivity index (χ1v) is 4.75. The SMILES string of the molecule is CC(=O)C(C(=O)O)C(=O)c1ccc(C#N)cc1. The monoisotopic (exact) mass is 231 g/mol. The fourth-order valence-corrected chi connectivity index (χ4v) is 1.35. The van der Waals surface area contributed by atoms with E-state index in [0.29, 0.717) is 5.56 Å². The molecule has 5 nitrogen and oxygen atoms in total. The molecule has 86 valence electrons. The molecule has 0 aliphatic rings. The van der Waals surface area contributed by atoms with Gasteiger partial charge in [0, 0.05) is 5.56 Å². The number of carbonyl (C=O) groups excluding carboxylic acids is 2. The van der Waals surface area contributed by atoms with Gasteiger partial charge in [0.15, 0.2) is 17.5 Å². The molecule has 5 heteroatoms. The Morgan fingerprint density at radius 2 is 1.76 bits per heavy atom. The lowest BCUT2D eigenvalue weighted by Gasteiger charge is -2.07. The Kier molecular flexibility index (Phi) is 3.73. The quantitative estimate of drug-likeness (QED) is 0.616. The van der Waals surface area contributed by atoms with Crippen LogP contribution in [0.15, 0.2) is 24.3 Å². The maximum absolute atomic E-state index is 11.7. The molecule has 0 bridgehead atoms. The predicted molar refractivity (Wildman–Crippen MR) is 57.3 cm³/mol. The van der Waals surface area contributed by atoms with Crippen molar-refractivity contribution in [2.75, 3.05) is 0 Å². The molecule has 0 aromatic heterocycles. The summed E-state index contributed by atoms with van der Waals surface area (Å²) in [6.45, 7) is 1.06. The summed E-state index contributed by atoms with van der Waals surface area (Å²) in [5.74, 6) is -4.63. The van der Waals surface area contributed by atoms with Crippen LogP contribution in [0.1, 0.15) is 22.8 Å². The summed E-state index contributed by atoms with van der Waals surface area (Å²) in [6.07, 6.45) is 0. The number of hydrogen-bond acceptors (Lipinski definition) is 4. The van der Waals surface area contributed by atoms with E-state index < -0.39 is 23.5 Å². The Morgan fingerprint density at radius 1 is 1.24 bits per heavy atom. The summed E-state index contributed by atoms with van der Waals surface area (Å²) in [6, 6.07) is 7.33. The van der Waals surface area contributed by atoms with Gasteiger partial charge in [0.2, 0.25) is 0 Å². The minimum Gasteiger partial charge on any atom is -0.480 e. The van der Waals surface area contributed by atoms with E-state index in [-0.39, 0.29) is 5.56 Å². The summed E-state index contributed by atoms with van der Waals surface area (Å²) >= 11 is 0. The molecule has 0 aliphatic heterocycles. The van der Waals surface area contributed by atoms with Gasteiger partial charge in [0.05, 0.1) is 11.6 Å². The van der Waals surface area contributed by atoms with E-state index >= 15 is 0 Å². The maximum atomic E-state index is 11.7. The molecule has 0 spiro atoms. The number of Topliss-reactive ketones (excluding diaryl/α,β-unsaturated/α-hetero) is 2. The number of ketones is 2. The normalized spacial score (nSPS) is 11.3. The van der Waals surface area contributed by atoms with E-state index in [0.717, 1.165) is 6.92 Å². The molecule has 0 saturated carbocycles. The van der Waals surface area contributed by atoms with Crippen LogP contribution >= 0.6 is 0 Å². The Hall–Kier alpha value is -2.48. The second-order valence-corrected chi connectivity index (χ2v) is 3.44. The number of hydrogen-bond donors (Lipinski definition) is 1. The molecule has 0 radical (unpaired) electrons. The van der Waals surface area contributed by atoms with Gasteiger partial charge in [-0.15, -0.1) is 0 Å². The third-order valence-corrected chi connectivity index (χ3v) is 2.21. The van der Waals surface area contributed by atoms with Gasteiger partial charge in [-0.2, -0.15) is 5.26 Å². The van der Waals surface area contributed by atoms with Gasteiger partial charge in [-0.3, -0.25) is 14.4 Å². The summed E-state index contributed by atoms with van der Waals surface area (Å²) in [4.78, 5) is 33.6. The largest absolute Gasteiger partial charge is 0.480 e. The molecule has 1 N–H and O–H groups in total. The number of nitrogens with zero attached hydrogens (tertiary/aromatic N) is 1. The summed E-state index contributed by atoms with van der Waals surface area (Å²) in [5.41, 5.74) is 0.461. The average molecular weight is 231 g/mol. The van der Waals surface area contributed by atoms with E-state index in [4.69, 9.17) is 10.4 Å². The first-order valence-electron chi connectivity index (χ1n) is 4.75. The van der Waals surface area contributed by atoms with Crippen molar-refractivity contribution in [3.63, 3.8) is 0 Å². The number of carbonyl (C=O) groups is 3. The van der Waals surface area contributed by atoms with Crippen LogP contribution in [-0.4, -0.2) is 22.6 Å². The van der Waals surface area contributed by atoms with Crippen LogP contribution < -0.4 is 0 Å². The number of nitriles is 1. The maximum Gasteiger partial charge on any atom is 0.322 e. The predicted octanol–water partition coefficient (Wildman–Crippen LogP) is 1.03. The lowest BCUT2D eigenvalue weighted by molar-refractivity contribution is -0.143. The summed E-state index contributed by atoms with van der Waals surface area (Å²) in [7, 11) is 0. The van der Waals surface area contributed by atoms with Gasteiger partial charge in [-0.1, -0.05) is 12.1 Å². The number of carboxylic acid groups (broad SMARTS) is 1. The van der Waals surface area contributed by atoms with Crippen LogP contribution in [0.5, 0.6) is 0 Å². The smallest absolute Gasteiger partial charge is 0.322 e. The van der Waals surface area contributed by atoms with Gasteiger partial charge in [-0.05, 0) is 19.1 Å². The minimum absolute atomic E-state index is 0.103. The molecule has 1 aromatic carbocycles. The number of benzene rings is 1. The van der Waals surface area contributed by atoms with Crippen molar-refractivity contribution >= 4 is 17.5 Å². The van der Waals surface area contributed by atoms with Crippen molar-refractivity contribution in [1.82, 2.24) is 0 Å². The molecule has 1 atom stereocenters. The molecule has 0 fully saturated rings. The van der Waals surface area contributed by atoms with Gasteiger partial charge in [0.25, 0.3) is 0 Å². The number of aliphatic carboxylic acids is 1. The highest BCUT2D eigenvalue weighted by molar-refractivity contribution is 6.21. The molecule has 0 heterocycles. The molecule has 17 heavy (non-hydrogen) atoms. The van der Waals surface area contributed by atoms with Crippen molar-refractivity contribution in [3.8, 4) is 6.07 Å². The van der Waals surface area contributed by atoms with Crippen molar-refractivity contribution in [1.29, 1.82) is 5.26 Å². The van der Waals surface area contributed by atoms with Gasteiger partial charge < -0.3 is 5.11 Å². The third kappa shape index (κ3) is 2.75. The Bertz CT molecular complexity index is 496. The van der Waals surface area contributed by atoms with Crippen LogP contribution in [0.4, 0.5) is 0 Å². The molecule has 0 amide bonds. The van der Waals surface area contributed by atoms with Crippen molar-refractivity contribution in [2.45, 2.75) is 6.92 Å². The first kappa shape index (κ1) is 12.6. The minimum atomic E-state index is -1.68. The second kappa shape index (κ2) is 5.03. The number of carboxylic acids is 1. The van der Waals surface area contributed by atoms with Crippen molar-refractivity contribution in [3.05, 3.63) is 35.4 Å². The molecular weight excluding hydrogens is 222 g/mol. The highest BCUT2D eigenvalue weighted by Gasteiger charge is 2.31. The van der Waals surface area contributed by atoms with E-state index in [1.165, 1.54) is 24.3 Å². The second-order valence-electron chi connectivity index (χ2n) is 3.44. The zero-order chi connectivity index (χ0) is 13.0. The number of rotatable bonds is 4. The topological polar surface area (TPSA) is 95.2 Å². The van der Waals surface area contributed by atoms with Gasteiger partial charge in [-0.25, -0.2) is 0 Å². The average Bonchev–Trinajstić information content (AvgIpc) is 2.28. The van der Waals surface area contributed by atoms with Gasteiger partial charge in [0.1, 0.15) is 0 Å². The zero-order valence-corrected chi connectivity index (χ0v) is 9.01. The third-order valence-electron chi connectivity index (χ3n) is 2.21. The molecule has 0 saturated heterocycles. The van der Waals surface area contributed by atoms with E-state index in [1.807, 2.05) is 6.07 Å². The fourth-order valence-electron chi connectivity index (χ4n) is 1.35. The first-order chi connectivity index (χ1) is 7.97. The van der Waals surface area contributed by atoms with E-state index in [2.05, 4.69) is 0 Å². The van der Waals surface area contributed by atoms with Crippen molar-refractivity contribution in [2.24, 2.45) is 5.92 Å². The molecule has 0 aliphatic carbocycles. The van der Waals surface area contributed by atoms with E-state index in [9.17, 15) is 14.4 Å². The van der Waals surface area contributed by atoms with Crippen LogP contribution in [-0.2, 0) is 9.59 Å². The molecule has 1 unspecified atom stereocenters. The van der Waals surface area contributed by atoms with E-state index in [1.54, 1.807) is 0 Å². The molecule has 1 aromatic rings. The molecule has 1 rings (SSSR count). The van der Waals surface area contributed by atoms with Crippen LogP contribution in [0.3, 0.4) is 0 Å². The van der Waals surface area contributed by atoms with Crippen LogP contribution in [0.2, 0.25) is 0 Å². The Balaban J connectivity index is 3.06. The van der Waals surface area contributed by atoms with Crippen LogP contribution in [0.25, 0.3) is 0 Å². The molecular formula is C12H9NO4.